The van der Waals surface area contributed by atoms with Gasteiger partial charge in [-0.05, 0) is 19.3 Å². The van der Waals surface area contributed by atoms with Gasteiger partial charge in [0.25, 0.3) is 0 Å². The average Bonchev–Trinajstić information content (AvgIpc) is 2.49. The van der Waals surface area contributed by atoms with Crippen molar-refractivity contribution in [3.05, 3.63) is 17.7 Å². The van der Waals surface area contributed by atoms with E-state index in [1.54, 1.807) is 0 Å². The molecule has 1 atom stereocenters. The van der Waals surface area contributed by atoms with E-state index in [0.717, 1.165) is 25.1 Å². The van der Waals surface area contributed by atoms with E-state index >= 15 is 0 Å². The van der Waals surface area contributed by atoms with Crippen LogP contribution in [0.2, 0.25) is 0 Å². The van der Waals surface area contributed by atoms with E-state index in [4.69, 9.17) is 5.73 Å². The van der Waals surface area contributed by atoms with Crippen LogP contribution in [0.1, 0.15) is 37.4 Å². The number of aryl methyl sites for hydroxylation is 2. The lowest BCUT2D eigenvalue weighted by atomic mass is 10.1. The van der Waals surface area contributed by atoms with Crippen molar-refractivity contribution in [3.8, 4) is 0 Å². The molecule has 66 valence electrons. The third-order valence-electron chi connectivity index (χ3n) is 2.53. The summed E-state index contributed by atoms with van der Waals surface area (Å²) in [5.74, 6) is 1.14. The Bertz CT molecular complexity index is 264. The third-order valence-corrected chi connectivity index (χ3v) is 2.53. The molecule has 0 fully saturated rings. The fourth-order valence-corrected chi connectivity index (χ4v) is 1.91. The Morgan fingerprint density at radius 1 is 1.75 bits per heavy atom. The zero-order valence-electron chi connectivity index (χ0n) is 7.45. The molecule has 0 aliphatic carbocycles. The first-order valence-electron chi connectivity index (χ1n) is 4.63. The van der Waals surface area contributed by atoms with Crippen LogP contribution in [0.15, 0.2) is 6.20 Å². The van der Waals surface area contributed by atoms with Crippen molar-refractivity contribution in [1.29, 1.82) is 0 Å². The highest BCUT2D eigenvalue weighted by Crippen LogP contribution is 2.22. The number of aromatic nitrogens is 2. The minimum atomic E-state index is 0.172. The van der Waals surface area contributed by atoms with Crippen LogP contribution >= 0.6 is 0 Å². The summed E-state index contributed by atoms with van der Waals surface area (Å²) >= 11 is 0. The van der Waals surface area contributed by atoms with Crippen LogP contribution in [0.3, 0.4) is 0 Å². The van der Waals surface area contributed by atoms with Crippen LogP contribution < -0.4 is 5.73 Å². The van der Waals surface area contributed by atoms with Gasteiger partial charge in [-0.2, -0.15) is 0 Å². The molecule has 0 amide bonds. The van der Waals surface area contributed by atoms with Crippen LogP contribution in [-0.4, -0.2) is 9.55 Å². The minimum absolute atomic E-state index is 0.172. The molecule has 0 aromatic carbocycles. The predicted octanol–water partition coefficient (Wildman–Crippen LogP) is 1.24. The van der Waals surface area contributed by atoms with E-state index in [1.165, 1.54) is 12.1 Å². The van der Waals surface area contributed by atoms with Gasteiger partial charge in [0.2, 0.25) is 0 Å². The summed E-state index contributed by atoms with van der Waals surface area (Å²) in [6, 6.07) is 0. The zero-order valence-corrected chi connectivity index (χ0v) is 7.45. The molecule has 1 aromatic heterocycles. The second kappa shape index (κ2) is 2.90. The SMILES string of the molecule is CCc1ncc2n1C(N)CCC2. The van der Waals surface area contributed by atoms with Crippen molar-refractivity contribution < 1.29 is 0 Å². The second-order valence-corrected chi connectivity index (χ2v) is 3.35. The summed E-state index contributed by atoms with van der Waals surface area (Å²) in [5, 5.41) is 0. The van der Waals surface area contributed by atoms with E-state index in [9.17, 15) is 0 Å². The molecule has 0 saturated heterocycles. The number of nitrogens with two attached hydrogens (primary N) is 1. The number of hydrogen-bond donors (Lipinski definition) is 1. The van der Waals surface area contributed by atoms with Crippen LogP contribution in [0.25, 0.3) is 0 Å². The first-order chi connectivity index (χ1) is 5.83. The molecule has 3 nitrogen and oxygen atoms in total. The van der Waals surface area contributed by atoms with E-state index in [1.807, 2.05) is 6.20 Å². The van der Waals surface area contributed by atoms with Gasteiger partial charge in [0.1, 0.15) is 5.82 Å². The molecule has 1 aromatic rings. The molecule has 12 heavy (non-hydrogen) atoms. The normalized spacial score (nSPS) is 22.3. The van der Waals surface area contributed by atoms with Gasteiger partial charge in [-0.15, -0.1) is 0 Å². The Morgan fingerprint density at radius 3 is 3.33 bits per heavy atom. The molecule has 0 spiro atoms. The highest BCUT2D eigenvalue weighted by molar-refractivity contribution is 5.09. The molecule has 1 unspecified atom stereocenters. The molecule has 0 radical (unpaired) electrons. The maximum Gasteiger partial charge on any atom is 0.109 e. The van der Waals surface area contributed by atoms with E-state index in [0.29, 0.717) is 0 Å². The molecule has 1 aliphatic rings. The zero-order chi connectivity index (χ0) is 8.55. The van der Waals surface area contributed by atoms with Gasteiger partial charge in [-0.25, -0.2) is 4.98 Å². The van der Waals surface area contributed by atoms with Crippen LogP contribution in [-0.2, 0) is 12.8 Å². The summed E-state index contributed by atoms with van der Waals surface area (Å²) in [7, 11) is 0. The lowest BCUT2D eigenvalue weighted by Gasteiger charge is -2.23. The van der Waals surface area contributed by atoms with Gasteiger partial charge < -0.3 is 10.3 Å². The Labute approximate surface area is 72.6 Å². The summed E-state index contributed by atoms with van der Waals surface area (Å²) in [4.78, 5) is 4.35. The summed E-state index contributed by atoms with van der Waals surface area (Å²) in [5.41, 5.74) is 7.30. The molecule has 0 saturated carbocycles. The Hall–Kier alpha value is -0.830. The van der Waals surface area contributed by atoms with Gasteiger partial charge in [0.05, 0.1) is 6.17 Å². The number of hydrogen-bond acceptors (Lipinski definition) is 2. The smallest absolute Gasteiger partial charge is 0.109 e. The maximum absolute atomic E-state index is 5.99. The Kier molecular flexibility index (Phi) is 1.89. The minimum Gasteiger partial charge on any atom is -0.316 e. The number of nitrogens with zero attached hydrogens (tertiary/aromatic N) is 2. The first kappa shape index (κ1) is 7.80. The summed E-state index contributed by atoms with van der Waals surface area (Å²) < 4.78 is 2.20. The Balaban J connectivity index is 2.43. The topological polar surface area (TPSA) is 43.8 Å². The molecule has 1 aliphatic heterocycles. The number of rotatable bonds is 1. The van der Waals surface area contributed by atoms with E-state index < -0.39 is 0 Å². The van der Waals surface area contributed by atoms with Crippen LogP contribution in [0.5, 0.6) is 0 Å². The van der Waals surface area contributed by atoms with Crippen molar-refractivity contribution >= 4 is 0 Å². The fraction of sp³-hybridized carbons (Fsp3) is 0.667. The van der Waals surface area contributed by atoms with Crippen molar-refractivity contribution in [1.82, 2.24) is 9.55 Å². The van der Waals surface area contributed by atoms with Crippen molar-refractivity contribution in [2.45, 2.75) is 38.8 Å². The lowest BCUT2D eigenvalue weighted by Crippen LogP contribution is -2.26. The largest absolute Gasteiger partial charge is 0.316 e. The van der Waals surface area contributed by atoms with Gasteiger partial charge in [0, 0.05) is 18.3 Å². The van der Waals surface area contributed by atoms with E-state index in [2.05, 4.69) is 16.5 Å². The highest BCUT2D eigenvalue weighted by atomic mass is 15.2. The molecule has 2 N–H and O–H groups in total. The molecular formula is C9H15N3. The molecular weight excluding hydrogens is 150 g/mol. The van der Waals surface area contributed by atoms with Crippen molar-refractivity contribution in [2.75, 3.05) is 0 Å². The highest BCUT2D eigenvalue weighted by Gasteiger charge is 2.18. The van der Waals surface area contributed by atoms with Crippen LogP contribution in [0, 0.1) is 0 Å². The second-order valence-electron chi connectivity index (χ2n) is 3.35. The van der Waals surface area contributed by atoms with E-state index in [-0.39, 0.29) is 6.17 Å². The van der Waals surface area contributed by atoms with Gasteiger partial charge in [0.15, 0.2) is 0 Å². The molecule has 3 heteroatoms. The van der Waals surface area contributed by atoms with Gasteiger partial charge in [-0.3, -0.25) is 0 Å². The van der Waals surface area contributed by atoms with Crippen LogP contribution in [0.4, 0.5) is 0 Å². The predicted molar refractivity (Wildman–Crippen MR) is 47.8 cm³/mol. The first-order valence-corrected chi connectivity index (χ1v) is 4.63. The quantitative estimate of drug-likeness (QED) is 0.680. The lowest BCUT2D eigenvalue weighted by molar-refractivity contribution is 0.402. The summed E-state index contributed by atoms with van der Waals surface area (Å²) in [6.07, 6.45) is 6.56. The standard InChI is InChI=1S/C9H15N3/c1-2-9-11-6-7-4-3-5-8(10)12(7)9/h6,8H,2-5,10H2,1H3. The number of fused-ring (bicyclic) bond motifs is 1. The molecule has 2 heterocycles. The fourth-order valence-electron chi connectivity index (χ4n) is 1.91. The average molecular weight is 165 g/mol. The van der Waals surface area contributed by atoms with Crippen molar-refractivity contribution in [2.24, 2.45) is 5.73 Å². The maximum atomic E-state index is 5.99. The van der Waals surface area contributed by atoms with Gasteiger partial charge >= 0.3 is 0 Å². The Morgan fingerprint density at radius 2 is 2.58 bits per heavy atom. The molecule has 0 bridgehead atoms. The van der Waals surface area contributed by atoms with Crippen molar-refractivity contribution in [3.63, 3.8) is 0 Å². The monoisotopic (exact) mass is 165 g/mol. The van der Waals surface area contributed by atoms with Gasteiger partial charge in [-0.1, -0.05) is 6.92 Å². The summed E-state index contributed by atoms with van der Waals surface area (Å²) in [6.45, 7) is 2.12. The number of imidazole rings is 1. The third kappa shape index (κ3) is 1.05. The molecule has 2 rings (SSSR count).